The van der Waals surface area contributed by atoms with E-state index in [9.17, 15) is 10.2 Å². The van der Waals surface area contributed by atoms with Crippen LogP contribution in [-0.4, -0.2) is 75.3 Å². The van der Waals surface area contributed by atoms with Crippen LogP contribution in [0.4, 0.5) is 0 Å². The van der Waals surface area contributed by atoms with Crippen molar-refractivity contribution in [2.75, 3.05) is 28.4 Å². The van der Waals surface area contributed by atoms with Crippen LogP contribution in [0.25, 0.3) is 0 Å². The largest absolute Gasteiger partial charge is 0.387 e. The summed E-state index contributed by atoms with van der Waals surface area (Å²) in [5, 5.41) is 19.9. The number of aliphatic hydroxyl groups is 2. The van der Waals surface area contributed by atoms with E-state index in [2.05, 4.69) is 0 Å². The topological polar surface area (TPSA) is 77.4 Å². The molecule has 0 aromatic rings. The predicted octanol–water partition coefficient (Wildman–Crippen LogP) is -1.22. The average molecular weight is 236 g/mol. The molecule has 6 atom stereocenters. The van der Waals surface area contributed by atoms with Gasteiger partial charge in [-0.05, 0) is 0 Å². The Kier molecular flexibility index (Phi) is 5.10. The third kappa shape index (κ3) is 2.22. The predicted molar refractivity (Wildman–Crippen MR) is 55.2 cm³/mol. The van der Waals surface area contributed by atoms with E-state index in [-0.39, 0.29) is 0 Å². The summed E-state index contributed by atoms with van der Waals surface area (Å²) >= 11 is 0. The summed E-state index contributed by atoms with van der Waals surface area (Å²) < 4.78 is 20.6. The van der Waals surface area contributed by atoms with Gasteiger partial charge in [0.25, 0.3) is 0 Å². The first kappa shape index (κ1) is 13.8. The molecule has 0 aromatic carbocycles. The Balaban J connectivity index is 2.93. The van der Waals surface area contributed by atoms with Crippen molar-refractivity contribution in [3.63, 3.8) is 0 Å². The second-order valence-corrected chi connectivity index (χ2v) is 3.78. The monoisotopic (exact) mass is 236 g/mol. The lowest BCUT2D eigenvalue weighted by Gasteiger charge is -2.45. The second-order valence-electron chi connectivity index (χ2n) is 3.78. The van der Waals surface area contributed by atoms with Crippen LogP contribution in [0.15, 0.2) is 0 Å². The minimum Gasteiger partial charge on any atom is -0.387 e. The van der Waals surface area contributed by atoms with Crippen molar-refractivity contribution in [2.24, 2.45) is 0 Å². The highest BCUT2D eigenvalue weighted by Crippen LogP contribution is 2.28. The van der Waals surface area contributed by atoms with E-state index in [1.54, 1.807) is 0 Å². The van der Waals surface area contributed by atoms with Crippen molar-refractivity contribution < 1.29 is 29.2 Å². The van der Waals surface area contributed by atoms with E-state index in [0.29, 0.717) is 0 Å². The third-order valence-electron chi connectivity index (χ3n) is 3.08. The smallest absolute Gasteiger partial charge is 0.115 e. The molecule has 2 unspecified atom stereocenters. The lowest BCUT2D eigenvalue weighted by atomic mass is 9.84. The van der Waals surface area contributed by atoms with E-state index < -0.39 is 36.6 Å². The summed E-state index contributed by atoms with van der Waals surface area (Å²) in [7, 11) is 5.84. The molecule has 2 N–H and O–H groups in total. The fourth-order valence-electron chi connectivity index (χ4n) is 2.25. The third-order valence-corrected chi connectivity index (χ3v) is 3.08. The second kappa shape index (κ2) is 5.90. The Morgan fingerprint density at radius 2 is 0.875 bits per heavy atom. The quantitative estimate of drug-likeness (QED) is 0.637. The van der Waals surface area contributed by atoms with Gasteiger partial charge < -0.3 is 29.2 Å². The van der Waals surface area contributed by atoms with Gasteiger partial charge in [-0.1, -0.05) is 0 Å². The molecule has 1 rings (SSSR count). The summed E-state index contributed by atoms with van der Waals surface area (Å²) in [6, 6.07) is 0. The van der Waals surface area contributed by atoms with Gasteiger partial charge in [0.05, 0.1) is 0 Å². The highest BCUT2D eigenvalue weighted by Gasteiger charge is 2.51. The van der Waals surface area contributed by atoms with Gasteiger partial charge in [-0.2, -0.15) is 0 Å². The number of methoxy groups -OCH3 is 4. The van der Waals surface area contributed by atoms with Gasteiger partial charge in [-0.3, -0.25) is 0 Å². The van der Waals surface area contributed by atoms with Crippen molar-refractivity contribution in [1.29, 1.82) is 0 Å². The van der Waals surface area contributed by atoms with Crippen molar-refractivity contribution in [1.82, 2.24) is 0 Å². The molecule has 0 saturated heterocycles. The molecular weight excluding hydrogens is 216 g/mol. The number of hydrogen-bond acceptors (Lipinski definition) is 6. The van der Waals surface area contributed by atoms with Crippen LogP contribution < -0.4 is 0 Å². The van der Waals surface area contributed by atoms with Crippen LogP contribution in [0.3, 0.4) is 0 Å². The summed E-state index contributed by atoms with van der Waals surface area (Å²) in [4.78, 5) is 0. The molecule has 0 amide bonds. The SMILES string of the molecule is COC1[C@@H](O)[C@H](OC)C(OC)[C@H](OC)[C@H]1O. The van der Waals surface area contributed by atoms with E-state index in [1.807, 2.05) is 0 Å². The first-order chi connectivity index (χ1) is 7.62. The molecule has 1 fully saturated rings. The Morgan fingerprint density at radius 1 is 0.562 bits per heavy atom. The summed E-state index contributed by atoms with van der Waals surface area (Å²) in [6.07, 6.45) is -4.39. The molecule has 0 heterocycles. The number of ether oxygens (including phenoxy) is 4. The maximum atomic E-state index is 9.97. The van der Waals surface area contributed by atoms with Crippen molar-refractivity contribution in [3.05, 3.63) is 0 Å². The first-order valence-electron chi connectivity index (χ1n) is 5.09. The Hall–Kier alpha value is -0.240. The highest BCUT2D eigenvalue weighted by molar-refractivity contribution is 5.01. The molecule has 0 bridgehead atoms. The van der Waals surface area contributed by atoms with Crippen LogP contribution in [-0.2, 0) is 18.9 Å². The van der Waals surface area contributed by atoms with Crippen LogP contribution in [0, 0.1) is 0 Å². The van der Waals surface area contributed by atoms with Crippen LogP contribution in [0.1, 0.15) is 0 Å². The molecule has 0 aliphatic heterocycles. The zero-order valence-electron chi connectivity index (χ0n) is 9.99. The first-order valence-corrected chi connectivity index (χ1v) is 5.09. The fraction of sp³-hybridized carbons (Fsp3) is 1.00. The van der Waals surface area contributed by atoms with Crippen LogP contribution in [0.5, 0.6) is 0 Å². The molecule has 0 radical (unpaired) electrons. The Labute approximate surface area is 95.1 Å². The standard InChI is InChI=1S/C10H20O6/c1-13-7-5(11)8(14-2)10(16-4)9(15-3)6(7)12/h5-12H,1-4H3/t5-,6+,7?,8+,9-,10?. The fourth-order valence-corrected chi connectivity index (χ4v) is 2.25. The molecule has 6 nitrogen and oxygen atoms in total. The zero-order valence-corrected chi connectivity index (χ0v) is 9.99. The van der Waals surface area contributed by atoms with Gasteiger partial charge in [-0.15, -0.1) is 0 Å². The zero-order chi connectivity index (χ0) is 12.3. The van der Waals surface area contributed by atoms with Crippen LogP contribution >= 0.6 is 0 Å². The Morgan fingerprint density at radius 3 is 1.12 bits per heavy atom. The summed E-state index contributed by atoms with van der Waals surface area (Å²) in [5.74, 6) is 0. The normalized spacial score (nSPS) is 44.6. The highest BCUT2D eigenvalue weighted by atomic mass is 16.6. The van der Waals surface area contributed by atoms with Gasteiger partial charge in [0.1, 0.15) is 36.6 Å². The summed E-state index contributed by atoms with van der Waals surface area (Å²) in [6.45, 7) is 0. The van der Waals surface area contributed by atoms with Crippen molar-refractivity contribution in [3.8, 4) is 0 Å². The Bertz CT molecular complexity index is 193. The van der Waals surface area contributed by atoms with E-state index >= 15 is 0 Å². The maximum Gasteiger partial charge on any atom is 0.115 e. The number of aliphatic hydroxyl groups excluding tert-OH is 2. The van der Waals surface area contributed by atoms with Gasteiger partial charge in [0.15, 0.2) is 0 Å². The minimum atomic E-state index is -0.957. The molecule has 1 saturated carbocycles. The molecule has 0 spiro atoms. The maximum absolute atomic E-state index is 9.97. The van der Waals surface area contributed by atoms with Crippen LogP contribution in [0.2, 0.25) is 0 Å². The molecule has 1 aliphatic rings. The summed E-state index contributed by atoms with van der Waals surface area (Å²) in [5.41, 5.74) is 0. The lowest BCUT2D eigenvalue weighted by molar-refractivity contribution is -0.246. The molecule has 16 heavy (non-hydrogen) atoms. The molecule has 0 aromatic heterocycles. The molecular formula is C10H20O6. The van der Waals surface area contributed by atoms with Gasteiger partial charge in [-0.25, -0.2) is 0 Å². The molecule has 6 heteroatoms. The molecule has 96 valence electrons. The minimum absolute atomic E-state index is 0.536. The van der Waals surface area contributed by atoms with Gasteiger partial charge in [0.2, 0.25) is 0 Å². The van der Waals surface area contributed by atoms with Crippen molar-refractivity contribution in [2.45, 2.75) is 36.6 Å². The van der Waals surface area contributed by atoms with Gasteiger partial charge >= 0.3 is 0 Å². The molecule has 1 aliphatic carbocycles. The van der Waals surface area contributed by atoms with E-state index in [1.165, 1.54) is 28.4 Å². The number of hydrogen-bond donors (Lipinski definition) is 2. The lowest BCUT2D eigenvalue weighted by Crippen LogP contribution is -2.65. The average Bonchev–Trinajstić information content (AvgIpc) is 2.29. The van der Waals surface area contributed by atoms with Gasteiger partial charge in [0, 0.05) is 28.4 Å². The van der Waals surface area contributed by atoms with E-state index in [0.717, 1.165) is 0 Å². The van der Waals surface area contributed by atoms with Crippen molar-refractivity contribution >= 4 is 0 Å². The van der Waals surface area contributed by atoms with E-state index in [4.69, 9.17) is 18.9 Å². The number of rotatable bonds is 4.